The largest absolute Gasteiger partial charge is 0.744 e. The zero-order valence-corrected chi connectivity index (χ0v) is 17.0. The van der Waals surface area contributed by atoms with Crippen LogP contribution in [0.2, 0.25) is 0 Å². The number of unbranched alkanes of at least 4 members (excludes halogenated alkanes) is 2. The fourth-order valence-corrected chi connectivity index (χ4v) is 3.55. The van der Waals surface area contributed by atoms with Gasteiger partial charge in [-0.2, -0.15) is 4.57 Å². The van der Waals surface area contributed by atoms with E-state index in [0.717, 1.165) is 18.5 Å². The summed E-state index contributed by atoms with van der Waals surface area (Å²) in [5.74, 6) is -0.342. The predicted octanol–water partition coefficient (Wildman–Crippen LogP) is 3.35. The number of hydrogen-bond acceptors (Lipinski definition) is 6. The summed E-state index contributed by atoms with van der Waals surface area (Å²) < 4.78 is 41.6. The van der Waals surface area contributed by atoms with E-state index in [4.69, 9.17) is 9.52 Å². The van der Waals surface area contributed by atoms with Crippen molar-refractivity contribution in [3.8, 4) is 0 Å². The highest BCUT2D eigenvalue weighted by molar-refractivity contribution is 7.85. The Balaban J connectivity index is 1.85. The third kappa shape index (κ3) is 5.68. The van der Waals surface area contributed by atoms with E-state index in [0.29, 0.717) is 24.4 Å². The average Bonchev–Trinajstić information content (AvgIpc) is 3.04. The molecule has 0 aliphatic heterocycles. The summed E-state index contributed by atoms with van der Waals surface area (Å²) in [5.41, 5.74) is 1.83. The van der Waals surface area contributed by atoms with Gasteiger partial charge in [-0.05, 0) is 31.0 Å². The number of rotatable bonds is 10. The number of nitrogens with zero attached hydrogens (tertiary/aromatic N) is 1. The third-order valence-corrected chi connectivity index (χ3v) is 5.34. The number of hydrogen-bond donors (Lipinski definition) is 2. The number of nitrogens with one attached hydrogen (secondary N) is 1. The summed E-state index contributed by atoms with van der Waals surface area (Å²) in [6.45, 7) is 0.557. The molecule has 0 radical (unpaired) electrons. The zero-order chi connectivity index (χ0) is 21.6. The van der Waals surface area contributed by atoms with E-state index in [1.807, 2.05) is 34.9 Å². The second-order valence-corrected chi connectivity index (χ2v) is 8.10. The van der Waals surface area contributed by atoms with Gasteiger partial charge in [-0.1, -0.05) is 18.2 Å². The van der Waals surface area contributed by atoms with Gasteiger partial charge in [-0.3, -0.25) is 4.79 Å². The van der Waals surface area contributed by atoms with E-state index in [9.17, 15) is 17.8 Å². The Kier molecular flexibility index (Phi) is 6.86. The Morgan fingerprint density at radius 2 is 1.90 bits per heavy atom. The van der Waals surface area contributed by atoms with Crippen LogP contribution in [-0.4, -0.2) is 24.0 Å². The van der Waals surface area contributed by atoms with E-state index in [1.165, 1.54) is 12.1 Å². The van der Waals surface area contributed by atoms with Crippen LogP contribution in [0.4, 0.5) is 5.69 Å². The highest BCUT2D eigenvalue weighted by Crippen LogP contribution is 2.20. The number of fused-ring (bicyclic) bond motifs is 1. The van der Waals surface area contributed by atoms with Gasteiger partial charge in [0, 0.05) is 36.9 Å². The first kappa shape index (κ1) is 21.5. The molecule has 0 aliphatic rings. The Morgan fingerprint density at radius 1 is 1.13 bits per heavy atom. The summed E-state index contributed by atoms with van der Waals surface area (Å²) in [4.78, 5) is 10.3. The van der Waals surface area contributed by atoms with Crippen molar-refractivity contribution in [2.45, 2.75) is 37.1 Å². The maximum absolute atomic E-state index is 11.3. The Hall–Kier alpha value is -3.17. The smallest absolute Gasteiger partial charge is 0.375 e. The van der Waals surface area contributed by atoms with Crippen LogP contribution in [0.15, 0.2) is 64.0 Å². The quantitative estimate of drug-likeness (QED) is 0.287. The summed E-state index contributed by atoms with van der Waals surface area (Å²) in [5, 5.41) is 11.9. The SMILES string of the molecule is O=C(O)CCCCC[n+]1c(/C=C/Nc2ccccc2)oc2cc(S(=O)(=O)[O-])ccc21. The Bertz CT molecular complexity index is 1150. The van der Waals surface area contributed by atoms with Gasteiger partial charge >= 0.3 is 11.9 Å². The van der Waals surface area contributed by atoms with Gasteiger partial charge in [0.05, 0.1) is 11.0 Å². The minimum atomic E-state index is -4.59. The lowest BCUT2D eigenvalue weighted by atomic mass is 10.2. The number of carboxylic acids is 1. The monoisotopic (exact) mass is 430 g/mol. The van der Waals surface area contributed by atoms with Crippen LogP contribution in [0.5, 0.6) is 0 Å². The first-order chi connectivity index (χ1) is 14.3. The molecule has 0 fully saturated rings. The van der Waals surface area contributed by atoms with Crippen LogP contribution >= 0.6 is 0 Å². The average molecular weight is 430 g/mol. The fourth-order valence-electron chi connectivity index (χ4n) is 3.06. The van der Waals surface area contributed by atoms with Crippen LogP contribution in [0.3, 0.4) is 0 Å². The molecule has 0 bridgehead atoms. The summed E-state index contributed by atoms with van der Waals surface area (Å²) in [6.07, 6.45) is 5.57. The number of carbonyl (C=O) groups is 1. The molecule has 1 heterocycles. The normalized spacial score (nSPS) is 11.9. The van der Waals surface area contributed by atoms with Crippen molar-refractivity contribution in [1.82, 2.24) is 0 Å². The third-order valence-electron chi connectivity index (χ3n) is 4.51. The molecule has 30 heavy (non-hydrogen) atoms. The van der Waals surface area contributed by atoms with Crippen LogP contribution < -0.4 is 9.88 Å². The summed E-state index contributed by atoms with van der Waals surface area (Å²) in [6, 6.07) is 13.6. The van der Waals surface area contributed by atoms with E-state index in [2.05, 4.69) is 5.32 Å². The van der Waals surface area contributed by atoms with E-state index in [-0.39, 0.29) is 16.9 Å². The van der Waals surface area contributed by atoms with Gasteiger partial charge in [0.2, 0.25) is 5.58 Å². The number of para-hydroxylation sites is 1. The van der Waals surface area contributed by atoms with E-state index < -0.39 is 16.1 Å². The van der Waals surface area contributed by atoms with Crippen LogP contribution in [-0.2, 0) is 21.5 Å². The molecule has 0 saturated carbocycles. The highest BCUT2D eigenvalue weighted by Gasteiger charge is 2.21. The minimum absolute atomic E-state index is 0.120. The molecule has 2 aromatic carbocycles. The highest BCUT2D eigenvalue weighted by atomic mass is 32.2. The fraction of sp³-hybridized carbons (Fsp3) is 0.238. The van der Waals surface area contributed by atoms with E-state index in [1.54, 1.807) is 18.3 Å². The molecule has 0 atom stereocenters. The predicted molar refractivity (Wildman–Crippen MR) is 110 cm³/mol. The summed E-state index contributed by atoms with van der Waals surface area (Å²) >= 11 is 0. The van der Waals surface area contributed by atoms with Gasteiger partial charge in [0.15, 0.2) is 6.54 Å². The van der Waals surface area contributed by atoms with Gasteiger partial charge in [0.25, 0.3) is 5.52 Å². The van der Waals surface area contributed by atoms with Crippen molar-refractivity contribution >= 4 is 39.0 Å². The number of benzene rings is 2. The van der Waals surface area contributed by atoms with Crippen LogP contribution in [0.25, 0.3) is 17.2 Å². The number of carboxylic acid groups (broad SMARTS) is 1. The Morgan fingerprint density at radius 3 is 2.60 bits per heavy atom. The van der Waals surface area contributed by atoms with Crippen LogP contribution in [0, 0.1) is 0 Å². The molecule has 0 saturated heterocycles. The molecule has 0 unspecified atom stereocenters. The molecule has 0 spiro atoms. The minimum Gasteiger partial charge on any atom is -0.744 e. The number of aromatic nitrogens is 1. The molecular weight excluding hydrogens is 408 g/mol. The van der Waals surface area contributed by atoms with E-state index >= 15 is 0 Å². The molecule has 0 amide bonds. The van der Waals surface area contributed by atoms with Gasteiger partial charge in [-0.25, -0.2) is 8.42 Å². The van der Waals surface area contributed by atoms with Gasteiger partial charge in [-0.15, -0.1) is 0 Å². The second-order valence-electron chi connectivity index (χ2n) is 6.72. The van der Waals surface area contributed by atoms with Gasteiger partial charge in [0.1, 0.15) is 10.1 Å². The first-order valence-electron chi connectivity index (χ1n) is 9.47. The van der Waals surface area contributed by atoms with Crippen molar-refractivity contribution in [1.29, 1.82) is 0 Å². The number of aliphatic carboxylic acids is 1. The molecule has 8 nitrogen and oxygen atoms in total. The number of aryl methyl sites for hydroxylation is 1. The van der Waals surface area contributed by atoms with Crippen molar-refractivity contribution < 1.29 is 31.9 Å². The van der Waals surface area contributed by atoms with Crippen molar-refractivity contribution in [2.24, 2.45) is 0 Å². The maximum atomic E-state index is 11.3. The lowest BCUT2D eigenvalue weighted by molar-refractivity contribution is -0.678. The second kappa shape index (κ2) is 9.55. The summed E-state index contributed by atoms with van der Waals surface area (Å²) in [7, 11) is -4.59. The standard InChI is InChI=1S/C21H22N2O6S/c24-21(25)9-5-2-6-14-23-18-11-10-17(30(26,27)28)15-19(18)29-20(23)12-13-22-16-7-3-1-4-8-16/h1,3-4,7-8,10-13,15H,2,5-6,9,14H2,(H2,24,25,26,27,28). The lowest BCUT2D eigenvalue weighted by Gasteiger charge is -2.04. The molecule has 3 aromatic rings. The van der Waals surface area contributed by atoms with Crippen LogP contribution in [0.1, 0.15) is 31.6 Å². The first-order valence-corrected chi connectivity index (χ1v) is 10.9. The molecule has 3 rings (SSSR count). The van der Waals surface area contributed by atoms with Crippen molar-refractivity contribution in [2.75, 3.05) is 5.32 Å². The molecule has 158 valence electrons. The zero-order valence-electron chi connectivity index (χ0n) is 16.2. The van der Waals surface area contributed by atoms with Crippen molar-refractivity contribution in [3.05, 3.63) is 60.6 Å². The van der Waals surface area contributed by atoms with Gasteiger partial charge < -0.3 is 19.4 Å². The lowest BCUT2D eigenvalue weighted by Crippen LogP contribution is -2.35. The molecule has 2 N–H and O–H groups in total. The molecular formula is C21H22N2O6S. The van der Waals surface area contributed by atoms with Crippen molar-refractivity contribution in [3.63, 3.8) is 0 Å². The Labute approximate surface area is 174 Å². The molecule has 1 aromatic heterocycles. The molecule has 0 aliphatic carbocycles. The number of anilines is 1. The topological polar surface area (TPSA) is 124 Å². The molecule has 9 heteroatoms. The maximum Gasteiger partial charge on any atom is 0.375 e. The number of oxazole rings is 1.